The van der Waals surface area contributed by atoms with Gasteiger partial charge < -0.3 is 19.7 Å². The number of fused-ring (bicyclic) bond motifs is 2. The lowest BCUT2D eigenvalue weighted by Gasteiger charge is -2.36. The number of benzene rings is 1. The van der Waals surface area contributed by atoms with E-state index in [-0.39, 0.29) is 34.6 Å². The van der Waals surface area contributed by atoms with Crippen LogP contribution in [-0.2, 0) is 19.8 Å². The van der Waals surface area contributed by atoms with E-state index in [2.05, 4.69) is 25.4 Å². The summed E-state index contributed by atoms with van der Waals surface area (Å²) < 4.78 is 50.0. The first-order valence-electron chi connectivity index (χ1n) is 11.5. The number of aliphatic hydroxyl groups excluding tert-OH is 1. The summed E-state index contributed by atoms with van der Waals surface area (Å²) in [6.07, 6.45) is 2.84. The third kappa shape index (κ3) is 4.48. The van der Waals surface area contributed by atoms with Gasteiger partial charge in [0.15, 0.2) is 17.1 Å². The Morgan fingerprint density at radius 1 is 1.16 bits per heavy atom. The lowest BCUT2D eigenvalue weighted by Crippen LogP contribution is -2.49. The molecule has 1 fully saturated rings. The van der Waals surface area contributed by atoms with Crippen molar-refractivity contribution in [2.45, 2.75) is 18.8 Å². The summed E-state index contributed by atoms with van der Waals surface area (Å²) in [6.45, 7) is 1.12. The van der Waals surface area contributed by atoms with Gasteiger partial charge >= 0.3 is 6.18 Å². The molecule has 14 heteroatoms. The average Bonchev–Trinajstić information content (AvgIpc) is 3.40. The first kappa shape index (κ1) is 24.4. The average molecular weight is 545 g/mol. The maximum Gasteiger partial charge on any atom is 0.416 e. The van der Waals surface area contributed by atoms with E-state index >= 15 is 0 Å². The predicted molar refractivity (Wildman–Crippen MR) is 133 cm³/mol. The van der Waals surface area contributed by atoms with Crippen LogP contribution in [0.5, 0.6) is 11.5 Å². The van der Waals surface area contributed by atoms with E-state index in [4.69, 9.17) is 16.3 Å². The summed E-state index contributed by atoms with van der Waals surface area (Å²) in [5, 5.41) is 16.9. The third-order valence-electron chi connectivity index (χ3n) is 6.23. The van der Waals surface area contributed by atoms with Crippen molar-refractivity contribution in [2.75, 3.05) is 18.4 Å². The first-order chi connectivity index (χ1) is 18.2. The van der Waals surface area contributed by atoms with E-state index in [0.717, 1.165) is 12.1 Å². The van der Waals surface area contributed by atoms with Gasteiger partial charge in [0.05, 0.1) is 30.3 Å². The van der Waals surface area contributed by atoms with Crippen molar-refractivity contribution in [2.24, 2.45) is 7.05 Å². The molecule has 38 heavy (non-hydrogen) atoms. The van der Waals surface area contributed by atoms with Crippen molar-refractivity contribution in [1.82, 2.24) is 34.0 Å². The number of ether oxygens (including phenoxy) is 1. The number of hydrogen-bond acceptors (Lipinski definition) is 8. The number of hydrogen-bond donors (Lipinski definition) is 2. The summed E-state index contributed by atoms with van der Waals surface area (Å²) in [5.41, 5.74) is 1.23. The number of anilines is 2. The molecule has 4 aromatic heterocycles. The second kappa shape index (κ2) is 9.11. The number of nitrogens with zero attached hydrogens (tertiary/aromatic N) is 7. The number of likely N-dealkylation sites (tertiary alicyclic amines) is 1. The lowest BCUT2D eigenvalue weighted by atomic mass is 10.1. The number of aryl methyl sites for hydroxylation is 1. The molecule has 1 aromatic carbocycles. The zero-order valence-corrected chi connectivity index (χ0v) is 20.6. The smallest absolute Gasteiger partial charge is 0.416 e. The van der Waals surface area contributed by atoms with Crippen LogP contribution in [0.2, 0.25) is 5.02 Å². The molecule has 0 saturated carbocycles. The fourth-order valence-corrected chi connectivity index (χ4v) is 4.68. The lowest BCUT2D eigenvalue weighted by molar-refractivity contribution is -0.137. The Morgan fingerprint density at radius 2 is 1.97 bits per heavy atom. The van der Waals surface area contributed by atoms with E-state index in [0.29, 0.717) is 35.4 Å². The zero-order chi connectivity index (χ0) is 26.6. The summed E-state index contributed by atoms with van der Waals surface area (Å²) in [5.74, 6) is 0.926. The summed E-state index contributed by atoms with van der Waals surface area (Å²) in [7, 11) is 1.67. The van der Waals surface area contributed by atoms with Gasteiger partial charge in [0.1, 0.15) is 16.1 Å². The summed E-state index contributed by atoms with van der Waals surface area (Å²) >= 11 is 6.66. The van der Waals surface area contributed by atoms with Crippen molar-refractivity contribution < 1.29 is 23.0 Å². The predicted octanol–water partition coefficient (Wildman–Crippen LogP) is 4.40. The van der Waals surface area contributed by atoms with Gasteiger partial charge in [-0.2, -0.15) is 23.3 Å². The Bertz CT molecular complexity index is 1660. The van der Waals surface area contributed by atoms with Gasteiger partial charge in [0.2, 0.25) is 5.95 Å². The Morgan fingerprint density at radius 3 is 2.74 bits per heavy atom. The molecule has 5 heterocycles. The van der Waals surface area contributed by atoms with E-state index in [1.807, 2.05) is 4.90 Å². The summed E-state index contributed by atoms with van der Waals surface area (Å²) in [6, 6.07) is 3.77. The van der Waals surface area contributed by atoms with Crippen molar-refractivity contribution in [3.8, 4) is 11.5 Å². The van der Waals surface area contributed by atoms with Gasteiger partial charge in [0.25, 0.3) is 0 Å². The number of imidazole rings is 1. The second-order valence-electron chi connectivity index (χ2n) is 9.01. The fourth-order valence-electron chi connectivity index (χ4n) is 4.38. The van der Waals surface area contributed by atoms with Crippen molar-refractivity contribution in [1.29, 1.82) is 0 Å². The standard InChI is InChI=1S/C24H20ClF3N8O2/c1-34-21-20(25)19(38-18-9-31-36-3-2-29-7-17(18)36)8-30-22(21)33-23(34)32-15-5-13(10-35-11-16(37)12-35)4-14(6-15)24(26,27)28/h2-9,16,37H,10-12H2,1H3,(H,30,32,33). The highest BCUT2D eigenvalue weighted by molar-refractivity contribution is 6.36. The van der Waals surface area contributed by atoms with Gasteiger partial charge in [-0.1, -0.05) is 11.6 Å². The number of aliphatic hydroxyl groups is 1. The number of halogens is 4. The molecule has 5 aromatic rings. The van der Waals surface area contributed by atoms with Gasteiger partial charge in [0, 0.05) is 44.8 Å². The molecular weight excluding hydrogens is 525 g/mol. The largest absolute Gasteiger partial charge is 0.450 e. The molecule has 6 rings (SSSR count). The number of rotatable bonds is 6. The monoisotopic (exact) mass is 544 g/mol. The normalized spacial score (nSPS) is 14.8. The van der Waals surface area contributed by atoms with Crippen LogP contribution in [-0.4, -0.2) is 58.3 Å². The quantitative estimate of drug-likeness (QED) is 0.324. The molecule has 2 N–H and O–H groups in total. The Balaban J connectivity index is 1.32. The van der Waals surface area contributed by atoms with E-state index in [9.17, 15) is 18.3 Å². The van der Waals surface area contributed by atoms with Crippen molar-refractivity contribution >= 4 is 39.9 Å². The second-order valence-corrected chi connectivity index (χ2v) is 9.39. The molecule has 1 saturated heterocycles. The van der Waals surface area contributed by atoms with Crippen LogP contribution in [0.1, 0.15) is 11.1 Å². The van der Waals surface area contributed by atoms with Gasteiger partial charge in [-0.15, -0.1) is 0 Å². The van der Waals surface area contributed by atoms with Crippen LogP contribution < -0.4 is 10.1 Å². The van der Waals surface area contributed by atoms with Crippen LogP contribution in [0.15, 0.2) is 49.2 Å². The highest BCUT2D eigenvalue weighted by Crippen LogP contribution is 2.37. The minimum absolute atomic E-state index is 0.209. The van der Waals surface area contributed by atoms with Crippen LogP contribution >= 0.6 is 11.6 Å². The third-order valence-corrected chi connectivity index (χ3v) is 6.60. The highest BCUT2D eigenvalue weighted by atomic mass is 35.5. The number of nitrogens with one attached hydrogen (secondary N) is 1. The topological polar surface area (TPSA) is 106 Å². The number of alkyl halides is 3. The number of pyridine rings is 1. The van der Waals surface area contributed by atoms with Crippen molar-refractivity contribution in [3.63, 3.8) is 0 Å². The van der Waals surface area contributed by atoms with Gasteiger partial charge in [-0.05, 0) is 23.8 Å². The number of β-amino-alcohol motifs (C(OH)–C–C–N with tert-alkyl or cyclic N) is 1. The Hall–Kier alpha value is -3.94. The zero-order valence-electron chi connectivity index (χ0n) is 19.8. The Kier molecular flexibility index (Phi) is 5.85. The SMILES string of the molecule is Cn1c(Nc2cc(CN3CC(O)C3)cc(C(F)(F)F)c2)nc2ncc(Oc3cnn4ccncc34)c(Cl)c21. The van der Waals surface area contributed by atoms with E-state index in [1.165, 1.54) is 12.4 Å². The molecule has 0 spiro atoms. The molecule has 0 atom stereocenters. The van der Waals surface area contributed by atoms with Crippen LogP contribution in [0.4, 0.5) is 24.8 Å². The van der Waals surface area contributed by atoms with Crippen LogP contribution in [0.25, 0.3) is 16.7 Å². The van der Waals surface area contributed by atoms with Crippen LogP contribution in [0.3, 0.4) is 0 Å². The molecule has 0 bridgehead atoms. The minimum Gasteiger partial charge on any atom is -0.450 e. The summed E-state index contributed by atoms with van der Waals surface area (Å²) in [4.78, 5) is 14.7. The Labute approximate surface area is 218 Å². The highest BCUT2D eigenvalue weighted by Gasteiger charge is 2.32. The molecule has 196 valence electrons. The molecule has 0 aliphatic carbocycles. The molecule has 0 amide bonds. The van der Waals surface area contributed by atoms with E-state index in [1.54, 1.807) is 40.8 Å². The van der Waals surface area contributed by atoms with E-state index < -0.39 is 17.8 Å². The van der Waals surface area contributed by atoms with Crippen LogP contribution in [0, 0.1) is 0 Å². The molecule has 0 radical (unpaired) electrons. The molecular formula is C24H20ClF3N8O2. The maximum atomic E-state index is 13.6. The maximum absolute atomic E-state index is 13.6. The molecule has 1 aliphatic rings. The van der Waals surface area contributed by atoms with Crippen molar-refractivity contribution in [3.05, 3.63) is 65.3 Å². The van der Waals surface area contributed by atoms with Gasteiger partial charge in [-0.25, -0.2) is 9.50 Å². The fraction of sp³-hybridized carbons (Fsp3) is 0.250. The molecule has 10 nitrogen and oxygen atoms in total. The molecule has 1 aliphatic heterocycles. The minimum atomic E-state index is -4.53. The van der Waals surface area contributed by atoms with Gasteiger partial charge in [-0.3, -0.25) is 9.88 Å². The number of aromatic nitrogens is 6. The molecule has 0 unspecified atom stereocenters. The first-order valence-corrected chi connectivity index (χ1v) is 11.9.